The number of amides is 1. The van der Waals surface area contributed by atoms with Crippen LogP contribution in [0.2, 0.25) is 5.02 Å². The molecule has 0 aliphatic carbocycles. The second-order valence-corrected chi connectivity index (χ2v) is 9.74. The summed E-state index contributed by atoms with van der Waals surface area (Å²) in [6.07, 6.45) is 1.70. The van der Waals surface area contributed by atoms with Crippen molar-refractivity contribution in [2.45, 2.75) is 37.8 Å². The number of rotatable bonds is 11. The van der Waals surface area contributed by atoms with Crippen LogP contribution in [-0.4, -0.2) is 31.3 Å². The molecule has 0 saturated carbocycles. The molecule has 9 heteroatoms. The van der Waals surface area contributed by atoms with Crippen molar-refractivity contribution in [2.75, 3.05) is 6.61 Å². The number of carbonyl (C=O) groups excluding carboxylic acids is 1. The van der Waals surface area contributed by atoms with E-state index in [1.54, 1.807) is 6.07 Å². The highest BCUT2D eigenvalue weighted by Gasteiger charge is 2.35. The molecule has 2 N–H and O–H groups in total. The van der Waals surface area contributed by atoms with Crippen LogP contribution >= 0.6 is 11.6 Å². The number of ether oxygens (including phenoxy) is 1. The second-order valence-electron chi connectivity index (χ2n) is 7.42. The summed E-state index contributed by atoms with van der Waals surface area (Å²) in [5.41, 5.74) is 5.92. The summed E-state index contributed by atoms with van der Waals surface area (Å²) < 4.78 is 47.5. The Kier molecular flexibility index (Phi) is 8.61. The third kappa shape index (κ3) is 6.53. The lowest BCUT2D eigenvalue weighted by atomic mass is 10.0. The molecule has 0 aromatic heterocycles. The fourth-order valence-electron chi connectivity index (χ4n) is 3.02. The number of primary amides is 1. The van der Waals surface area contributed by atoms with Gasteiger partial charge in [-0.2, -0.15) is 4.31 Å². The van der Waals surface area contributed by atoms with Crippen LogP contribution in [0.25, 0.3) is 0 Å². The minimum atomic E-state index is -4.14. The van der Waals surface area contributed by atoms with Gasteiger partial charge in [-0.15, -0.1) is 0 Å². The van der Waals surface area contributed by atoms with Gasteiger partial charge in [-0.25, -0.2) is 12.8 Å². The fraction of sp³-hybridized carbons (Fsp3) is 0.318. The van der Waals surface area contributed by atoms with Gasteiger partial charge >= 0.3 is 0 Å². The highest BCUT2D eigenvalue weighted by Crippen LogP contribution is 2.27. The highest BCUT2D eigenvalue weighted by atomic mass is 35.5. The predicted molar refractivity (Wildman–Crippen MR) is 119 cm³/mol. The molecule has 2 aromatic carbocycles. The van der Waals surface area contributed by atoms with E-state index >= 15 is 0 Å². The van der Waals surface area contributed by atoms with Gasteiger partial charge in [-0.1, -0.05) is 44.2 Å². The summed E-state index contributed by atoms with van der Waals surface area (Å²) in [5, 5.41) is 0.372. The Hall–Kier alpha value is -2.42. The Balaban J connectivity index is 2.49. The van der Waals surface area contributed by atoms with Crippen molar-refractivity contribution >= 4 is 27.5 Å². The lowest BCUT2D eigenvalue weighted by molar-refractivity contribution is -0.122. The maximum atomic E-state index is 14.4. The lowest BCUT2D eigenvalue weighted by Gasteiger charge is -2.30. The van der Waals surface area contributed by atoms with Gasteiger partial charge in [0.2, 0.25) is 15.9 Å². The van der Waals surface area contributed by atoms with Crippen molar-refractivity contribution in [3.05, 3.63) is 71.5 Å². The molecule has 0 fully saturated rings. The molecular weight excluding hydrogens is 443 g/mol. The zero-order valence-corrected chi connectivity index (χ0v) is 19.0. The van der Waals surface area contributed by atoms with Crippen molar-refractivity contribution in [3.63, 3.8) is 0 Å². The third-order valence-electron chi connectivity index (χ3n) is 4.48. The first kappa shape index (κ1) is 24.8. The number of halogens is 2. The molecule has 0 radical (unpaired) electrons. The first-order valence-corrected chi connectivity index (χ1v) is 11.5. The van der Waals surface area contributed by atoms with E-state index in [4.69, 9.17) is 22.1 Å². The number of benzene rings is 2. The standard InChI is InChI=1S/C22H26ClFN2O4S/c1-4-11-30-21-10-5-16(13-19(21)24)14-26(20(22(25)27)12-15(2)3)31(28,29)18-8-6-17(23)7-9-18/h4-10,13,15,20H,1,11-12,14H2,2-3H3,(H2,25,27)/t20-/m0/s1. The molecule has 1 amide bonds. The molecular formula is C22H26ClFN2O4S. The van der Waals surface area contributed by atoms with Gasteiger partial charge in [0.15, 0.2) is 11.6 Å². The molecule has 1 atom stereocenters. The first-order chi connectivity index (χ1) is 14.6. The normalized spacial score (nSPS) is 12.7. The van der Waals surface area contributed by atoms with Gasteiger partial charge in [-0.3, -0.25) is 4.79 Å². The molecule has 2 rings (SSSR count). The number of nitrogens with zero attached hydrogens (tertiary/aromatic N) is 1. The van der Waals surface area contributed by atoms with Crippen molar-refractivity contribution in [2.24, 2.45) is 11.7 Å². The Labute approximate surface area is 187 Å². The third-order valence-corrected chi connectivity index (χ3v) is 6.60. The fourth-order valence-corrected chi connectivity index (χ4v) is 4.74. The van der Waals surface area contributed by atoms with Gasteiger partial charge in [0.05, 0.1) is 4.90 Å². The molecule has 31 heavy (non-hydrogen) atoms. The average molecular weight is 469 g/mol. The van der Waals surface area contributed by atoms with Crippen molar-refractivity contribution in [1.29, 1.82) is 0 Å². The number of carbonyl (C=O) groups is 1. The Morgan fingerprint density at radius 3 is 2.42 bits per heavy atom. The van der Waals surface area contributed by atoms with Crippen molar-refractivity contribution in [3.8, 4) is 5.75 Å². The lowest BCUT2D eigenvalue weighted by Crippen LogP contribution is -2.48. The van der Waals surface area contributed by atoms with E-state index < -0.39 is 27.8 Å². The van der Waals surface area contributed by atoms with Crippen LogP contribution in [0.3, 0.4) is 0 Å². The van der Waals surface area contributed by atoms with E-state index in [9.17, 15) is 17.6 Å². The first-order valence-electron chi connectivity index (χ1n) is 9.65. The second kappa shape index (κ2) is 10.7. The minimum absolute atomic E-state index is 0.00756. The Morgan fingerprint density at radius 1 is 1.26 bits per heavy atom. The molecule has 2 aromatic rings. The van der Waals surface area contributed by atoms with Gasteiger partial charge in [0.25, 0.3) is 0 Å². The molecule has 0 heterocycles. The van der Waals surface area contributed by atoms with Crippen molar-refractivity contribution in [1.82, 2.24) is 4.31 Å². The number of hydrogen-bond donors (Lipinski definition) is 1. The maximum absolute atomic E-state index is 14.4. The average Bonchev–Trinajstić information content (AvgIpc) is 2.69. The molecule has 0 spiro atoms. The van der Waals surface area contributed by atoms with Crippen LogP contribution in [-0.2, 0) is 21.4 Å². The quantitative estimate of drug-likeness (QED) is 0.502. The van der Waals surface area contributed by atoms with Crippen LogP contribution < -0.4 is 10.5 Å². The molecule has 0 unspecified atom stereocenters. The summed E-state index contributed by atoms with van der Waals surface area (Å²) in [6.45, 7) is 7.11. The van der Waals surface area contributed by atoms with Crippen LogP contribution in [0.15, 0.2) is 60.0 Å². The Morgan fingerprint density at radius 2 is 1.90 bits per heavy atom. The topological polar surface area (TPSA) is 89.7 Å². The molecule has 0 bridgehead atoms. The molecule has 0 aliphatic heterocycles. The molecule has 0 saturated heterocycles. The molecule has 6 nitrogen and oxygen atoms in total. The van der Waals surface area contributed by atoms with Crippen LogP contribution in [0.4, 0.5) is 4.39 Å². The van der Waals surface area contributed by atoms with E-state index in [0.717, 1.165) is 4.31 Å². The summed E-state index contributed by atoms with van der Waals surface area (Å²) in [4.78, 5) is 12.2. The number of hydrogen-bond acceptors (Lipinski definition) is 4. The van der Waals surface area contributed by atoms with Gasteiger partial charge in [-0.05, 0) is 54.3 Å². The van der Waals surface area contributed by atoms with Gasteiger partial charge in [0.1, 0.15) is 12.6 Å². The van der Waals surface area contributed by atoms with E-state index in [-0.39, 0.29) is 36.1 Å². The number of sulfonamides is 1. The van der Waals surface area contributed by atoms with Gasteiger partial charge < -0.3 is 10.5 Å². The predicted octanol–water partition coefficient (Wildman–Crippen LogP) is 4.13. The maximum Gasteiger partial charge on any atom is 0.244 e. The van der Waals surface area contributed by atoms with Crippen LogP contribution in [0, 0.1) is 11.7 Å². The van der Waals surface area contributed by atoms with E-state index in [1.807, 2.05) is 13.8 Å². The largest absolute Gasteiger partial charge is 0.486 e. The van der Waals surface area contributed by atoms with Crippen molar-refractivity contribution < 1.29 is 22.3 Å². The molecule has 168 valence electrons. The molecule has 0 aliphatic rings. The highest BCUT2D eigenvalue weighted by molar-refractivity contribution is 7.89. The van der Waals surface area contributed by atoms with Crippen LogP contribution in [0.5, 0.6) is 5.75 Å². The summed E-state index contributed by atoms with van der Waals surface area (Å²) in [6, 6.07) is 8.61. The SMILES string of the molecule is C=CCOc1ccc(CN([C@@H](CC(C)C)C(N)=O)S(=O)(=O)c2ccc(Cl)cc2)cc1F. The summed E-state index contributed by atoms with van der Waals surface area (Å²) >= 11 is 5.88. The minimum Gasteiger partial charge on any atom is -0.486 e. The smallest absolute Gasteiger partial charge is 0.244 e. The van der Waals surface area contributed by atoms with Gasteiger partial charge in [0, 0.05) is 11.6 Å². The van der Waals surface area contributed by atoms with E-state index in [1.165, 1.54) is 42.5 Å². The summed E-state index contributed by atoms with van der Waals surface area (Å²) in [7, 11) is -4.14. The Bertz CT molecular complexity index is 1030. The number of nitrogens with two attached hydrogens (primary N) is 1. The zero-order chi connectivity index (χ0) is 23.2. The van der Waals surface area contributed by atoms with E-state index in [0.29, 0.717) is 10.6 Å². The van der Waals surface area contributed by atoms with Crippen LogP contribution in [0.1, 0.15) is 25.8 Å². The zero-order valence-electron chi connectivity index (χ0n) is 17.4. The monoisotopic (exact) mass is 468 g/mol. The summed E-state index contributed by atoms with van der Waals surface area (Å²) in [5.74, 6) is -1.42. The van der Waals surface area contributed by atoms with E-state index in [2.05, 4.69) is 6.58 Å².